The van der Waals surface area contributed by atoms with Crippen molar-refractivity contribution in [2.45, 2.75) is 6.04 Å². The summed E-state index contributed by atoms with van der Waals surface area (Å²) >= 11 is 3.50. The van der Waals surface area contributed by atoms with E-state index in [4.69, 9.17) is 0 Å². The monoisotopic (exact) mass is 513 g/mol. The molecular formula is C22H25BrN7OP. The largest absolute Gasteiger partial charge is 0.368 e. The number of carbonyl (C=O) groups is 1. The Hall–Kier alpha value is -2.74. The lowest BCUT2D eigenvalue weighted by Gasteiger charge is -2.26. The molecule has 0 spiro atoms. The number of pyridine rings is 1. The molecule has 2 unspecified atom stereocenters. The van der Waals surface area contributed by atoms with Crippen LogP contribution in [0.2, 0.25) is 0 Å². The fourth-order valence-corrected chi connectivity index (χ4v) is 4.44. The summed E-state index contributed by atoms with van der Waals surface area (Å²) in [5.41, 5.74) is 3.10. The fourth-order valence-electron chi connectivity index (χ4n) is 3.60. The number of hydrogen-bond acceptors (Lipinski definition) is 6. The number of carbonyl (C=O) groups excluding carboxylic acids is 1. The first-order valence-electron chi connectivity index (χ1n) is 10.2. The first kappa shape index (κ1) is 22.5. The van der Waals surface area contributed by atoms with E-state index in [0.29, 0.717) is 34.8 Å². The molecule has 3 heterocycles. The minimum absolute atomic E-state index is 0.0660. The van der Waals surface area contributed by atoms with Gasteiger partial charge in [-0.2, -0.15) is 5.10 Å². The van der Waals surface area contributed by atoms with Crippen LogP contribution in [0.15, 0.2) is 59.8 Å². The number of anilines is 2. The average Bonchev–Trinajstić information content (AvgIpc) is 3.01. The maximum Gasteiger partial charge on any atom is 0.270 e. The number of rotatable bonds is 6. The summed E-state index contributed by atoms with van der Waals surface area (Å²) in [7, 11) is 2.69. The molecule has 0 saturated carbocycles. The third-order valence-corrected chi connectivity index (χ3v) is 6.52. The van der Waals surface area contributed by atoms with Gasteiger partial charge in [-0.25, -0.2) is 0 Å². The summed E-state index contributed by atoms with van der Waals surface area (Å²) in [5.74, 6) is 0.281. The maximum absolute atomic E-state index is 13.0. The molecule has 8 nitrogen and oxygen atoms in total. The number of amides is 1. The quantitative estimate of drug-likeness (QED) is 0.378. The van der Waals surface area contributed by atoms with E-state index in [1.807, 2.05) is 36.4 Å². The van der Waals surface area contributed by atoms with Gasteiger partial charge < -0.3 is 20.9 Å². The van der Waals surface area contributed by atoms with Crippen molar-refractivity contribution < 1.29 is 4.79 Å². The lowest BCUT2D eigenvalue weighted by molar-refractivity contribution is 0.0932. The van der Waals surface area contributed by atoms with Crippen LogP contribution in [0, 0.1) is 0 Å². The van der Waals surface area contributed by atoms with E-state index in [2.05, 4.69) is 67.8 Å². The molecule has 166 valence electrons. The van der Waals surface area contributed by atoms with Crippen molar-refractivity contribution in [3.63, 3.8) is 0 Å². The summed E-state index contributed by atoms with van der Waals surface area (Å²) in [6.07, 6.45) is 3.56. The predicted molar refractivity (Wildman–Crippen MR) is 135 cm³/mol. The Bertz CT molecular complexity index is 1100. The summed E-state index contributed by atoms with van der Waals surface area (Å²) in [6, 6.07) is 11.8. The van der Waals surface area contributed by atoms with E-state index in [-0.39, 0.29) is 11.9 Å². The van der Waals surface area contributed by atoms with Crippen molar-refractivity contribution in [1.82, 2.24) is 25.8 Å². The molecule has 1 aliphatic heterocycles. The zero-order valence-electron chi connectivity index (χ0n) is 17.4. The highest BCUT2D eigenvalue weighted by molar-refractivity contribution is 9.10. The standard InChI is InChI=1S/C22H25BrN7OP/c1-14(17-4-2-3-5-18(17)32)26-21-19(23)20(28-29-21)22(31)27-15-12-25-10-11-30(13-15)16-6-8-24-9-7-16/h2-9,15,25H,1,10-13,32H2,(H,27,31)(H2,26,28,29). The minimum atomic E-state index is -0.224. The van der Waals surface area contributed by atoms with Crippen LogP contribution in [0.5, 0.6) is 0 Å². The molecule has 2 aromatic heterocycles. The lowest BCUT2D eigenvalue weighted by Crippen LogP contribution is -2.46. The fraction of sp³-hybridized carbons (Fsp3) is 0.227. The smallest absolute Gasteiger partial charge is 0.270 e. The number of nitrogens with one attached hydrogen (secondary N) is 4. The Morgan fingerprint density at radius 1 is 1.25 bits per heavy atom. The number of halogens is 1. The predicted octanol–water partition coefficient (Wildman–Crippen LogP) is 2.36. The van der Waals surface area contributed by atoms with Gasteiger partial charge in [-0.3, -0.25) is 14.9 Å². The topological polar surface area (TPSA) is 98.0 Å². The summed E-state index contributed by atoms with van der Waals surface area (Å²) in [4.78, 5) is 19.3. The summed E-state index contributed by atoms with van der Waals surface area (Å²) in [6.45, 7) is 7.18. The van der Waals surface area contributed by atoms with E-state index < -0.39 is 0 Å². The second-order valence-corrected chi connectivity index (χ2v) is 8.89. The first-order valence-corrected chi connectivity index (χ1v) is 11.6. The molecule has 10 heteroatoms. The molecule has 1 saturated heterocycles. The minimum Gasteiger partial charge on any atom is -0.368 e. The second-order valence-electron chi connectivity index (χ2n) is 7.48. The van der Waals surface area contributed by atoms with Gasteiger partial charge in [0, 0.05) is 55.5 Å². The zero-order valence-corrected chi connectivity index (χ0v) is 20.2. The SMILES string of the molecule is C=C(Nc1n[nH]c(C(=O)NC2CNCCN(c3ccncc3)C2)c1Br)c1ccccc1P. The van der Waals surface area contributed by atoms with E-state index in [0.717, 1.165) is 29.6 Å². The van der Waals surface area contributed by atoms with Gasteiger partial charge in [-0.1, -0.05) is 30.8 Å². The molecule has 1 aromatic carbocycles. The van der Waals surface area contributed by atoms with Crippen molar-refractivity contribution in [2.24, 2.45) is 0 Å². The highest BCUT2D eigenvalue weighted by atomic mass is 79.9. The Kier molecular flexibility index (Phi) is 7.19. The number of aromatic nitrogens is 3. The maximum atomic E-state index is 13.0. The van der Waals surface area contributed by atoms with Crippen molar-refractivity contribution in [1.29, 1.82) is 0 Å². The van der Waals surface area contributed by atoms with Crippen LogP contribution in [0.3, 0.4) is 0 Å². The van der Waals surface area contributed by atoms with E-state index in [1.165, 1.54) is 0 Å². The van der Waals surface area contributed by atoms with Gasteiger partial charge in [0.15, 0.2) is 5.82 Å². The Morgan fingerprint density at radius 2 is 2.03 bits per heavy atom. The molecule has 3 aromatic rings. The molecule has 0 aliphatic carbocycles. The van der Waals surface area contributed by atoms with Crippen LogP contribution in [0.25, 0.3) is 5.70 Å². The lowest BCUT2D eigenvalue weighted by atomic mass is 10.2. The van der Waals surface area contributed by atoms with Crippen molar-refractivity contribution in [3.05, 3.63) is 71.1 Å². The molecule has 0 bridgehead atoms. The first-order chi connectivity index (χ1) is 15.5. The number of aromatic amines is 1. The number of hydrogen-bond donors (Lipinski definition) is 4. The molecule has 4 N–H and O–H groups in total. The third-order valence-electron chi connectivity index (χ3n) is 5.24. The van der Waals surface area contributed by atoms with Gasteiger partial charge >= 0.3 is 0 Å². The highest BCUT2D eigenvalue weighted by Gasteiger charge is 2.24. The van der Waals surface area contributed by atoms with E-state index in [1.54, 1.807) is 12.4 Å². The van der Waals surface area contributed by atoms with Crippen molar-refractivity contribution in [3.8, 4) is 0 Å². The van der Waals surface area contributed by atoms with Gasteiger partial charge in [-0.05, 0) is 33.4 Å². The van der Waals surface area contributed by atoms with Crippen LogP contribution < -0.4 is 26.2 Å². The van der Waals surface area contributed by atoms with Crippen molar-refractivity contribution >= 4 is 53.6 Å². The Balaban J connectivity index is 1.43. The average molecular weight is 514 g/mol. The van der Waals surface area contributed by atoms with Crippen LogP contribution in [-0.2, 0) is 0 Å². The molecule has 0 radical (unpaired) electrons. The Morgan fingerprint density at radius 3 is 2.81 bits per heavy atom. The molecule has 1 amide bonds. The molecule has 1 aliphatic rings. The van der Waals surface area contributed by atoms with E-state index in [9.17, 15) is 4.79 Å². The number of H-pyrrole nitrogens is 1. The van der Waals surface area contributed by atoms with E-state index >= 15 is 0 Å². The van der Waals surface area contributed by atoms with Gasteiger partial charge in [0.25, 0.3) is 5.91 Å². The number of nitrogens with zero attached hydrogens (tertiary/aromatic N) is 3. The molecule has 32 heavy (non-hydrogen) atoms. The summed E-state index contributed by atoms with van der Waals surface area (Å²) in [5, 5.41) is 17.8. The summed E-state index contributed by atoms with van der Waals surface area (Å²) < 4.78 is 0.560. The number of benzene rings is 1. The normalized spacial score (nSPS) is 16.3. The van der Waals surface area contributed by atoms with Crippen LogP contribution in [-0.4, -0.2) is 53.3 Å². The molecule has 1 fully saturated rings. The van der Waals surface area contributed by atoms with Gasteiger partial charge in [-0.15, -0.1) is 9.24 Å². The zero-order chi connectivity index (χ0) is 22.5. The Labute approximate surface area is 197 Å². The van der Waals surface area contributed by atoms with Crippen LogP contribution in [0.1, 0.15) is 16.1 Å². The van der Waals surface area contributed by atoms with Crippen molar-refractivity contribution in [2.75, 3.05) is 36.4 Å². The molecular weight excluding hydrogens is 489 g/mol. The molecule has 2 atom stereocenters. The van der Waals surface area contributed by atoms with Gasteiger partial charge in [0.2, 0.25) is 0 Å². The van der Waals surface area contributed by atoms with Gasteiger partial charge in [0.05, 0.1) is 10.5 Å². The van der Waals surface area contributed by atoms with Crippen LogP contribution in [0.4, 0.5) is 11.5 Å². The third kappa shape index (κ3) is 5.18. The highest BCUT2D eigenvalue weighted by Crippen LogP contribution is 2.27. The second kappa shape index (κ2) is 10.3. The van der Waals surface area contributed by atoms with Crippen LogP contribution >= 0.6 is 25.2 Å². The molecule has 4 rings (SSSR count). The van der Waals surface area contributed by atoms with Gasteiger partial charge in [0.1, 0.15) is 5.69 Å².